The molecule has 124 valence electrons. The molecule has 0 atom stereocenters. The molecule has 4 rings (SSSR count). The van der Waals surface area contributed by atoms with Crippen molar-refractivity contribution >= 4 is 28.3 Å². The summed E-state index contributed by atoms with van der Waals surface area (Å²) in [4.78, 5) is 21.6. The van der Waals surface area contributed by atoms with Gasteiger partial charge in [-0.15, -0.1) is 11.3 Å². The van der Waals surface area contributed by atoms with Crippen LogP contribution in [-0.4, -0.2) is 22.4 Å². The van der Waals surface area contributed by atoms with Crippen molar-refractivity contribution in [1.29, 1.82) is 0 Å². The Morgan fingerprint density at radius 1 is 1.08 bits per heavy atom. The van der Waals surface area contributed by atoms with Crippen LogP contribution in [0.15, 0.2) is 67.0 Å². The molecule has 3 heterocycles. The van der Waals surface area contributed by atoms with Gasteiger partial charge in [0, 0.05) is 34.8 Å². The smallest absolute Gasteiger partial charge is 0.261 e. The number of thiophene rings is 1. The zero-order chi connectivity index (χ0) is 17.1. The number of carbonyl (C=O) groups excluding carboxylic acids is 1. The summed E-state index contributed by atoms with van der Waals surface area (Å²) in [6.07, 6.45) is 4.54. The van der Waals surface area contributed by atoms with Gasteiger partial charge in [-0.3, -0.25) is 4.79 Å². The van der Waals surface area contributed by atoms with Crippen LogP contribution in [0.25, 0.3) is 21.5 Å². The van der Waals surface area contributed by atoms with Crippen LogP contribution in [-0.2, 0) is 6.42 Å². The van der Waals surface area contributed by atoms with Crippen molar-refractivity contribution in [2.45, 2.75) is 6.42 Å². The molecule has 4 aromatic rings. The topological polar surface area (TPSA) is 57.8 Å². The highest BCUT2D eigenvalue weighted by Crippen LogP contribution is 2.33. The molecule has 3 aromatic heterocycles. The number of nitrogens with one attached hydrogen (secondary N) is 2. The van der Waals surface area contributed by atoms with Crippen molar-refractivity contribution in [1.82, 2.24) is 15.3 Å². The second-order valence-corrected chi connectivity index (χ2v) is 6.84. The highest BCUT2D eigenvalue weighted by Gasteiger charge is 2.13. The molecular formula is C20H17N3OS. The summed E-state index contributed by atoms with van der Waals surface area (Å²) in [5.41, 5.74) is 3.16. The number of pyridine rings is 1. The molecule has 0 aliphatic heterocycles. The largest absolute Gasteiger partial charge is 0.351 e. The first-order chi connectivity index (χ1) is 12.3. The molecule has 5 heteroatoms. The Morgan fingerprint density at radius 2 is 1.96 bits per heavy atom. The van der Waals surface area contributed by atoms with Gasteiger partial charge in [0.15, 0.2) is 0 Å². The molecule has 0 saturated heterocycles. The Kier molecular flexibility index (Phi) is 4.31. The van der Waals surface area contributed by atoms with Gasteiger partial charge in [-0.05, 0) is 36.2 Å². The van der Waals surface area contributed by atoms with Crippen molar-refractivity contribution in [3.8, 4) is 10.4 Å². The maximum Gasteiger partial charge on any atom is 0.261 e. The number of carbonyl (C=O) groups is 1. The van der Waals surface area contributed by atoms with Crippen molar-refractivity contribution in [2.75, 3.05) is 6.54 Å². The summed E-state index contributed by atoms with van der Waals surface area (Å²) < 4.78 is 0. The van der Waals surface area contributed by atoms with E-state index in [1.165, 1.54) is 16.9 Å². The third-order valence-corrected chi connectivity index (χ3v) is 5.21. The van der Waals surface area contributed by atoms with E-state index in [9.17, 15) is 4.79 Å². The molecule has 0 spiro atoms. The molecule has 25 heavy (non-hydrogen) atoms. The molecule has 0 radical (unpaired) electrons. The number of H-pyrrole nitrogens is 1. The quantitative estimate of drug-likeness (QED) is 0.566. The fraction of sp³-hybridized carbons (Fsp3) is 0.100. The van der Waals surface area contributed by atoms with Crippen molar-refractivity contribution in [3.05, 3.63) is 77.4 Å². The molecule has 0 aliphatic rings. The number of amides is 1. The molecule has 1 aromatic carbocycles. The number of hydrogen-bond donors (Lipinski definition) is 2. The predicted octanol–water partition coefficient (Wildman–Crippen LogP) is 4.26. The lowest BCUT2D eigenvalue weighted by molar-refractivity contribution is 0.0958. The van der Waals surface area contributed by atoms with Crippen LogP contribution in [0.1, 0.15) is 15.2 Å². The third kappa shape index (κ3) is 3.32. The minimum absolute atomic E-state index is 0.0230. The zero-order valence-electron chi connectivity index (χ0n) is 13.5. The van der Waals surface area contributed by atoms with E-state index >= 15 is 0 Å². The molecule has 0 saturated carbocycles. The Bertz CT molecular complexity index is 1000. The number of hydrogen-bond acceptors (Lipinski definition) is 3. The van der Waals surface area contributed by atoms with Gasteiger partial charge in [-0.2, -0.15) is 0 Å². The summed E-state index contributed by atoms with van der Waals surface area (Å²) >= 11 is 1.50. The zero-order valence-corrected chi connectivity index (χ0v) is 14.3. The minimum atomic E-state index is -0.0230. The van der Waals surface area contributed by atoms with E-state index in [4.69, 9.17) is 0 Å². The van der Waals surface area contributed by atoms with Crippen LogP contribution in [0.4, 0.5) is 0 Å². The second-order valence-electron chi connectivity index (χ2n) is 5.76. The van der Waals surface area contributed by atoms with Crippen LogP contribution in [0.2, 0.25) is 0 Å². The number of aromatic amines is 1. The third-order valence-electron chi connectivity index (χ3n) is 4.09. The average Bonchev–Trinajstić information content (AvgIpc) is 3.29. The van der Waals surface area contributed by atoms with Gasteiger partial charge in [0.1, 0.15) is 5.65 Å². The molecule has 0 fully saturated rings. The van der Waals surface area contributed by atoms with Gasteiger partial charge in [0.05, 0.1) is 4.88 Å². The summed E-state index contributed by atoms with van der Waals surface area (Å²) in [6, 6.07) is 18.0. The fourth-order valence-electron chi connectivity index (χ4n) is 2.82. The van der Waals surface area contributed by atoms with Gasteiger partial charge in [-0.1, -0.05) is 30.3 Å². The van der Waals surface area contributed by atoms with Crippen molar-refractivity contribution in [2.24, 2.45) is 0 Å². The summed E-state index contributed by atoms with van der Waals surface area (Å²) in [6.45, 7) is 0.632. The van der Waals surface area contributed by atoms with Crippen LogP contribution >= 0.6 is 11.3 Å². The monoisotopic (exact) mass is 347 g/mol. The Hall–Kier alpha value is -2.92. The van der Waals surface area contributed by atoms with Crippen LogP contribution < -0.4 is 5.32 Å². The number of nitrogens with zero attached hydrogens (tertiary/aromatic N) is 1. The number of fused-ring (bicyclic) bond motifs is 1. The molecule has 4 nitrogen and oxygen atoms in total. The van der Waals surface area contributed by atoms with E-state index in [-0.39, 0.29) is 5.91 Å². The van der Waals surface area contributed by atoms with E-state index in [2.05, 4.69) is 27.4 Å². The van der Waals surface area contributed by atoms with Crippen molar-refractivity contribution < 1.29 is 4.79 Å². The van der Waals surface area contributed by atoms with Gasteiger partial charge < -0.3 is 10.3 Å². The number of rotatable bonds is 5. The van der Waals surface area contributed by atoms with Crippen LogP contribution in [0.3, 0.4) is 0 Å². The maximum atomic E-state index is 12.4. The average molecular weight is 347 g/mol. The number of aromatic nitrogens is 2. The van der Waals surface area contributed by atoms with Crippen molar-refractivity contribution in [3.63, 3.8) is 0 Å². The van der Waals surface area contributed by atoms with E-state index in [1.54, 1.807) is 6.20 Å². The lowest BCUT2D eigenvalue weighted by atomic mass is 10.1. The van der Waals surface area contributed by atoms with E-state index in [1.807, 2.05) is 48.7 Å². The fourth-order valence-corrected chi connectivity index (χ4v) is 3.77. The highest BCUT2D eigenvalue weighted by atomic mass is 32.1. The minimum Gasteiger partial charge on any atom is -0.351 e. The SMILES string of the molecule is O=C(NCCc1ccccc1)c1ccc(-c2c[nH]c3ncccc23)s1. The Morgan fingerprint density at radius 3 is 2.84 bits per heavy atom. The molecule has 2 N–H and O–H groups in total. The maximum absolute atomic E-state index is 12.4. The molecule has 0 unspecified atom stereocenters. The first-order valence-electron chi connectivity index (χ1n) is 8.16. The molecular weight excluding hydrogens is 330 g/mol. The predicted molar refractivity (Wildman–Crippen MR) is 102 cm³/mol. The number of benzene rings is 1. The van der Waals surface area contributed by atoms with Crippen LogP contribution in [0, 0.1) is 0 Å². The first kappa shape index (κ1) is 15.6. The van der Waals surface area contributed by atoms with E-state index in [0.717, 1.165) is 32.8 Å². The van der Waals surface area contributed by atoms with Crippen LogP contribution in [0.5, 0.6) is 0 Å². The molecule has 0 aliphatic carbocycles. The summed E-state index contributed by atoms with van der Waals surface area (Å²) in [5, 5.41) is 4.06. The molecule has 1 amide bonds. The van der Waals surface area contributed by atoms with Gasteiger partial charge in [-0.25, -0.2) is 4.98 Å². The van der Waals surface area contributed by atoms with E-state index in [0.29, 0.717) is 6.54 Å². The summed E-state index contributed by atoms with van der Waals surface area (Å²) in [5.74, 6) is -0.0230. The normalized spacial score (nSPS) is 10.9. The lowest BCUT2D eigenvalue weighted by Crippen LogP contribution is -2.24. The highest BCUT2D eigenvalue weighted by molar-refractivity contribution is 7.17. The van der Waals surface area contributed by atoms with Gasteiger partial charge in [0.25, 0.3) is 5.91 Å². The van der Waals surface area contributed by atoms with Gasteiger partial charge >= 0.3 is 0 Å². The summed E-state index contributed by atoms with van der Waals surface area (Å²) in [7, 11) is 0. The Labute approximate surface area is 149 Å². The Balaban J connectivity index is 1.45. The van der Waals surface area contributed by atoms with E-state index < -0.39 is 0 Å². The van der Waals surface area contributed by atoms with Gasteiger partial charge in [0.2, 0.25) is 0 Å². The second kappa shape index (κ2) is 6.91. The lowest BCUT2D eigenvalue weighted by Gasteiger charge is -2.03. The molecule has 0 bridgehead atoms. The standard InChI is InChI=1S/C20H17N3OS/c24-20(22-12-10-14-5-2-1-3-6-14)18-9-8-17(25-18)16-13-23-19-15(16)7-4-11-21-19/h1-9,11,13H,10,12H2,(H,21,23)(H,22,24). The first-order valence-corrected chi connectivity index (χ1v) is 8.97.